The molecule has 0 amide bonds. The van der Waals surface area contributed by atoms with Crippen molar-refractivity contribution in [3.8, 4) is 0 Å². The van der Waals surface area contributed by atoms with Gasteiger partial charge in [-0.25, -0.2) is 4.98 Å². The molecule has 3 heteroatoms. The second kappa shape index (κ2) is 6.01. The average molecular weight is 234 g/mol. The smallest absolute Gasteiger partial charge is 0.128 e. The highest BCUT2D eigenvalue weighted by Crippen LogP contribution is 2.19. The Morgan fingerprint density at radius 1 is 1.12 bits per heavy atom. The molecule has 0 saturated carbocycles. The second-order valence-corrected chi connectivity index (χ2v) is 4.88. The molecule has 17 heavy (non-hydrogen) atoms. The monoisotopic (exact) mass is 234 g/mol. The highest BCUT2D eigenvalue weighted by atomic mass is 16.3. The van der Waals surface area contributed by atoms with Gasteiger partial charge in [0.05, 0.1) is 6.10 Å². The molecule has 2 heterocycles. The zero-order valence-corrected chi connectivity index (χ0v) is 10.6. The van der Waals surface area contributed by atoms with Crippen molar-refractivity contribution in [1.82, 2.24) is 4.98 Å². The van der Waals surface area contributed by atoms with Crippen LogP contribution >= 0.6 is 0 Å². The zero-order chi connectivity index (χ0) is 12.1. The molecule has 3 nitrogen and oxygen atoms in total. The van der Waals surface area contributed by atoms with Gasteiger partial charge in [0, 0.05) is 19.3 Å². The molecule has 1 aromatic heterocycles. The van der Waals surface area contributed by atoms with Gasteiger partial charge in [-0.2, -0.15) is 0 Å². The lowest BCUT2D eigenvalue weighted by Crippen LogP contribution is -2.27. The van der Waals surface area contributed by atoms with Crippen molar-refractivity contribution < 1.29 is 5.11 Å². The molecule has 2 rings (SSSR count). The fourth-order valence-electron chi connectivity index (χ4n) is 2.31. The fraction of sp³-hybridized carbons (Fsp3) is 0.643. The molecule has 1 N–H and O–H groups in total. The van der Waals surface area contributed by atoms with E-state index in [1.807, 2.05) is 12.1 Å². The first kappa shape index (κ1) is 12.4. The Labute approximate surface area is 103 Å². The predicted molar refractivity (Wildman–Crippen MR) is 70.2 cm³/mol. The van der Waals surface area contributed by atoms with Crippen molar-refractivity contribution in [2.24, 2.45) is 0 Å². The van der Waals surface area contributed by atoms with Gasteiger partial charge in [0.1, 0.15) is 5.82 Å². The number of nitrogens with zero attached hydrogens (tertiary/aromatic N) is 2. The molecule has 1 aliphatic rings. The van der Waals surface area contributed by atoms with Gasteiger partial charge in [0.25, 0.3) is 0 Å². The number of pyridine rings is 1. The van der Waals surface area contributed by atoms with Gasteiger partial charge in [-0.05, 0) is 31.4 Å². The van der Waals surface area contributed by atoms with Crippen LogP contribution in [0.2, 0.25) is 0 Å². The number of hydrogen-bond donors (Lipinski definition) is 1. The van der Waals surface area contributed by atoms with Crippen molar-refractivity contribution >= 4 is 5.82 Å². The first-order valence-corrected chi connectivity index (χ1v) is 6.66. The molecule has 1 aromatic rings. The van der Waals surface area contributed by atoms with Gasteiger partial charge in [0.15, 0.2) is 0 Å². The van der Waals surface area contributed by atoms with Crippen LogP contribution in [-0.2, 0) is 0 Å². The molecule has 1 saturated heterocycles. The van der Waals surface area contributed by atoms with E-state index in [-0.39, 0.29) is 0 Å². The quantitative estimate of drug-likeness (QED) is 0.854. The van der Waals surface area contributed by atoms with Crippen LogP contribution in [-0.4, -0.2) is 23.2 Å². The molecule has 0 aromatic carbocycles. The summed E-state index contributed by atoms with van der Waals surface area (Å²) < 4.78 is 0. The number of anilines is 1. The molecule has 0 spiro atoms. The number of aliphatic hydroxyl groups is 1. The van der Waals surface area contributed by atoms with Gasteiger partial charge < -0.3 is 10.0 Å². The summed E-state index contributed by atoms with van der Waals surface area (Å²) in [7, 11) is 0. The third-order valence-corrected chi connectivity index (χ3v) is 3.43. The number of aromatic nitrogens is 1. The fourth-order valence-corrected chi connectivity index (χ4v) is 2.31. The van der Waals surface area contributed by atoms with Crippen molar-refractivity contribution in [2.75, 3.05) is 18.0 Å². The Balaban J connectivity index is 2.04. The first-order chi connectivity index (χ1) is 8.27. The van der Waals surface area contributed by atoms with E-state index in [0.717, 1.165) is 24.5 Å². The molecule has 0 radical (unpaired) electrons. The number of hydrogen-bond acceptors (Lipinski definition) is 3. The Hall–Kier alpha value is -1.09. The Kier molecular flexibility index (Phi) is 4.37. The number of rotatable bonds is 2. The summed E-state index contributed by atoms with van der Waals surface area (Å²) in [5.74, 6) is 1.05. The van der Waals surface area contributed by atoms with E-state index < -0.39 is 6.10 Å². The average Bonchev–Trinajstić information content (AvgIpc) is 2.29. The Morgan fingerprint density at radius 3 is 2.29 bits per heavy atom. The minimum absolute atomic E-state index is 0.427. The maximum absolute atomic E-state index is 9.45. The van der Waals surface area contributed by atoms with E-state index in [2.05, 4.69) is 9.88 Å². The molecule has 0 aliphatic carbocycles. The summed E-state index contributed by atoms with van der Waals surface area (Å²) in [5.41, 5.74) is 0.890. The van der Waals surface area contributed by atoms with Gasteiger partial charge in [-0.15, -0.1) is 0 Å². The standard InChI is InChI=1S/C14H22N2O/c1-12(17)13-7-8-14(15-11-13)16-9-5-3-2-4-6-10-16/h7-8,11-12,17H,2-6,9-10H2,1H3/t12-/m0/s1. The summed E-state index contributed by atoms with van der Waals surface area (Å²) in [6, 6.07) is 4.01. The van der Waals surface area contributed by atoms with Crippen LogP contribution in [0.1, 0.15) is 50.7 Å². The highest BCUT2D eigenvalue weighted by molar-refractivity contribution is 5.39. The van der Waals surface area contributed by atoms with Gasteiger partial charge in [-0.1, -0.05) is 25.3 Å². The summed E-state index contributed by atoms with van der Waals surface area (Å²) in [6.07, 6.45) is 7.94. The molecular formula is C14H22N2O. The molecular weight excluding hydrogens is 212 g/mol. The van der Waals surface area contributed by atoms with E-state index in [1.54, 1.807) is 13.1 Å². The summed E-state index contributed by atoms with van der Waals surface area (Å²) in [4.78, 5) is 6.83. The van der Waals surface area contributed by atoms with Crippen LogP contribution in [0.5, 0.6) is 0 Å². The lowest BCUT2D eigenvalue weighted by molar-refractivity contribution is 0.199. The summed E-state index contributed by atoms with van der Waals surface area (Å²) in [5, 5.41) is 9.45. The maximum atomic E-state index is 9.45. The van der Waals surface area contributed by atoms with Crippen molar-refractivity contribution in [3.63, 3.8) is 0 Å². The van der Waals surface area contributed by atoms with E-state index >= 15 is 0 Å². The van der Waals surface area contributed by atoms with E-state index in [0.29, 0.717) is 0 Å². The molecule has 0 unspecified atom stereocenters. The minimum Gasteiger partial charge on any atom is -0.389 e. The Morgan fingerprint density at radius 2 is 1.76 bits per heavy atom. The van der Waals surface area contributed by atoms with Crippen LogP contribution in [0, 0.1) is 0 Å². The minimum atomic E-state index is -0.427. The topological polar surface area (TPSA) is 36.4 Å². The lowest BCUT2D eigenvalue weighted by Gasteiger charge is -2.25. The molecule has 1 fully saturated rings. The maximum Gasteiger partial charge on any atom is 0.128 e. The highest BCUT2D eigenvalue weighted by Gasteiger charge is 2.10. The summed E-state index contributed by atoms with van der Waals surface area (Å²) in [6.45, 7) is 3.99. The predicted octanol–water partition coefficient (Wildman–Crippen LogP) is 2.91. The van der Waals surface area contributed by atoms with Crippen LogP contribution in [0.15, 0.2) is 18.3 Å². The van der Waals surface area contributed by atoms with Gasteiger partial charge in [0.2, 0.25) is 0 Å². The van der Waals surface area contributed by atoms with Crippen molar-refractivity contribution in [3.05, 3.63) is 23.9 Å². The largest absolute Gasteiger partial charge is 0.389 e. The van der Waals surface area contributed by atoms with Crippen molar-refractivity contribution in [1.29, 1.82) is 0 Å². The van der Waals surface area contributed by atoms with E-state index in [9.17, 15) is 5.11 Å². The van der Waals surface area contributed by atoms with Gasteiger partial charge >= 0.3 is 0 Å². The second-order valence-electron chi connectivity index (χ2n) is 4.88. The zero-order valence-electron chi connectivity index (χ0n) is 10.6. The van der Waals surface area contributed by atoms with E-state index in [1.165, 1.54) is 32.1 Å². The molecule has 94 valence electrons. The lowest BCUT2D eigenvalue weighted by atomic mass is 10.1. The normalized spacial score (nSPS) is 19.5. The van der Waals surface area contributed by atoms with E-state index in [4.69, 9.17) is 0 Å². The van der Waals surface area contributed by atoms with Crippen LogP contribution in [0.3, 0.4) is 0 Å². The molecule has 1 aliphatic heterocycles. The van der Waals surface area contributed by atoms with Crippen molar-refractivity contribution in [2.45, 2.75) is 45.1 Å². The van der Waals surface area contributed by atoms with Crippen LogP contribution in [0.25, 0.3) is 0 Å². The third-order valence-electron chi connectivity index (χ3n) is 3.43. The molecule has 0 bridgehead atoms. The number of aliphatic hydroxyl groups excluding tert-OH is 1. The van der Waals surface area contributed by atoms with Crippen LogP contribution in [0.4, 0.5) is 5.82 Å². The Bertz CT molecular complexity index is 327. The molecule has 1 atom stereocenters. The first-order valence-electron chi connectivity index (χ1n) is 6.66. The van der Waals surface area contributed by atoms with Crippen LogP contribution < -0.4 is 4.90 Å². The SMILES string of the molecule is C[C@H](O)c1ccc(N2CCCCCCC2)nc1. The third kappa shape index (κ3) is 3.43. The summed E-state index contributed by atoms with van der Waals surface area (Å²) >= 11 is 0. The van der Waals surface area contributed by atoms with Gasteiger partial charge in [-0.3, -0.25) is 0 Å².